The van der Waals surface area contributed by atoms with Crippen molar-refractivity contribution in [3.63, 3.8) is 0 Å². The van der Waals surface area contributed by atoms with Crippen LogP contribution in [0.4, 0.5) is 0 Å². The lowest BCUT2D eigenvalue weighted by Crippen LogP contribution is -2.01. The van der Waals surface area contributed by atoms with E-state index in [1.807, 2.05) is 18.2 Å². The quantitative estimate of drug-likeness (QED) is 0.712. The highest BCUT2D eigenvalue weighted by atomic mass is 79.9. The second-order valence-electron chi connectivity index (χ2n) is 2.64. The minimum absolute atomic E-state index is 0.0961. The summed E-state index contributed by atoms with van der Waals surface area (Å²) in [6.07, 6.45) is 0. The van der Waals surface area contributed by atoms with Gasteiger partial charge >= 0.3 is 0 Å². The second kappa shape index (κ2) is 4.71. The van der Waals surface area contributed by atoms with Crippen molar-refractivity contribution in [2.75, 3.05) is 0 Å². The molecule has 0 saturated carbocycles. The van der Waals surface area contributed by atoms with E-state index in [2.05, 4.69) is 47.8 Å². The smallest absolute Gasteiger partial charge is 0.147 e. The number of alkyl halides is 1. The number of benzene rings is 1. The van der Waals surface area contributed by atoms with E-state index in [4.69, 9.17) is 0 Å². The Hall–Kier alpha value is 0.330. The molecule has 1 atom stereocenters. The summed E-state index contributed by atoms with van der Waals surface area (Å²) in [5.41, 5.74) is 0.946. The van der Waals surface area contributed by atoms with E-state index in [9.17, 15) is 4.79 Å². The fourth-order valence-corrected chi connectivity index (χ4v) is 2.47. The molecule has 0 bridgehead atoms. The largest absolute Gasteiger partial charge is 0.298 e. The highest BCUT2D eigenvalue weighted by molar-refractivity contribution is 9.11. The number of carbonyl (C=O) groups is 1. The van der Waals surface area contributed by atoms with Crippen LogP contribution in [0.1, 0.15) is 17.3 Å². The lowest BCUT2D eigenvalue weighted by molar-refractivity contribution is -0.116. The zero-order chi connectivity index (χ0) is 10.0. The Morgan fingerprint density at radius 2 is 2.00 bits per heavy atom. The minimum Gasteiger partial charge on any atom is -0.298 e. The molecule has 0 radical (unpaired) electrons. The molecule has 1 unspecified atom stereocenters. The fraction of sp³-hybridized carbons (Fsp3) is 0.222. The van der Waals surface area contributed by atoms with E-state index in [-0.39, 0.29) is 10.6 Å². The third-order valence-electron chi connectivity index (χ3n) is 1.59. The Balaban J connectivity index is 3.12. The Labute approximate surface area is 102 Å². The van der Waals surface area contributed by atoms with Gasteiger partial charge in [-0.05, 0) is 30.7 Å². The van der Waals surface area contributed by atoms with Gasteiger partial charge in [-0.25, -0.2) is 0 Å². The summed E-state index contributed by atoms with van der Waals surface area (Å²) in [4.78, 5) is 10.9. The monoisotopic (exact) mass is 368 g/mol. The maximum Gasteiger partial charge on any atom is 0.147 e. The molecule has 0 heterocycles. The van der Waals surface area contributed by atoms with Crippen LogP contribution >= 0.6 is 47.8 Å². The fourth-order valence-electron chi connectivity index (χ4n) is 0.928. The molecule has 0 aliphatic carbocycles. The zero-order valence-electron chi connectivity index (χ0n) is 6.85. The van der Waals surface area contributed by atoms with Crippen LogP contribution in [0.25, 0.3) is 0 Å². The summed E-state index contributed by atoms with van der Waals surface area (Å²) in [6, 6.07) is 5.76. The zero-order valence-corrected chi connectivity index (χ0v) is 11.6. The highest BCUT2D eigenvalue weighted by Gasteiger charge is 2.15. The number of ketones is 1. The van der Waals surface area contributed by atoms with E-state index in [0.29, 0.717) is 0 Å². The normalized spacial score (nSPS) is 12.6. The van der Waals surface area contributed by atoms with Crippen LogP contribution in [0, 0.1) is 0 Å². The molecular formula is C9H7Br3O. The van der Waals surface area contributed by atoms with Crippen LogP contribution in [-0.4, -0.2) is 5.78 Å². The van der Waals surface area contributed by atoms with E-state index in [0.717, 1.165) is 14.5 Å². The number of rotatable bonds is 2. The minimum atomic E-state index is -0.237. The number of hydrogen-bond donors (Lipinski definition) is 0. The molecule has 1 nitrogen and oxygen atoms in total. The van der Waals surface area contributed by atoms with Crippen LogP contribution in [0.3, 0.4) is 0 Å². The Kier molecular flexibility index (Phi) is 4.13. The van der Waals surface area contributed by atoms with E-state index in [1.54, 1.807) is 6.92 Å². The predicted octanol–water partition coefficient (Wildman–Crippen LogP) is 4.24. The van der Waals surface area contributed by atoms with Crippen molar-refractivity contribution >= 4 is 53.6 Å². The van der Waals surface area contributed by atoms with Crippen LogP contribution in [-0.2, 0) is 4.79 Å². The maximum atomic E-state index is 11.1. The average molecular weight is 371 g/mol. The predicted molar refractivity (Wildman–Crippen MR) is 64.2 cm³/mol. The molecule has 0 amide bonds. The summed E-state index contributed by atoms with van der Waals surface area (Å²) >= 11 is 10.1. The first-order valence-electron chi connectivity index (χ1n) is 3.62. The van der Waals surface area contributed by atoms with E-state index >= 15 is 0 Å². The van der Waals surface area contributed by atoms with Crippen molar-refractivity contribution in [3.05, 3.63) is 32.7 Å². The van der Waals surface area contributed by atoms with Crippen molar-refractivity contribution in [1.82, 2.24) is 0 Å². The van der Waals surface area contributed by atoms with Crippen molar-refractivity contribution in [1.29, 1.82) is 0 Å². The van der Waals surface area contributed by atoms with Gasteiger partial charge in [0, 0.05) is 8.95 Å². The van der Waals surface area contributed by atoms with Gasteiger partial charge in [0.1, 0.15) is 5.78 Å². The van der Waals surface area contributed by atoms with Gasteiger partial charge in [0.25, 0.3) is 0 Å². The first-order valence-corrected chi connectivity index (χ1v) is 6.12. The molecule has 0 aliphatic rings. The van der Waals surface area contributed by atoms with E-state index in [1.165, 1.54) is 0 Å². The van der Waals surface area contributed by atoms with Gasteiger partial charge in [0.15, 0.2) is 0 Å². The topological polar surface area (TPSA) is 17.1 Å². The van der Waals surface area contributed by atoms with Crippen LogP contribution in [0.2, 0.25) is 0 Å². The van der Waals surface area contributed by atoms with Crippen LogP contribution in [0.5, 0.6) is 0 Å². The molecule has 0 spiro atoms. The second-order valence-corrected chi connectivity index (χ2v) is 5.32. The van der Waals surface area contributed by atoms with Crippen molar-refractivity contribution in [2.24, 2.45) is 0 Å². The molecule has 1 rings (SSSR count). The molecule has 0 aromatic heterocycles. The molecule has 0 fully saturated rings. The lowest BCUT2D eigenvalue weighted by Gasteiger charge is -2.08. The van der Waals surface area contributed by atoms with Gasteiger partial charge in [0.2, 0.25) is 0 Å². The Bertz CT molecular complexity index is 336. The summed E-state index contributed by atoms with van der Waals surface area (Å²) in [7, 11) is 0. The molecule has 1 aromatic rings. The molecule has 1 aromatic carbocycles. The molecular weight excluding hydrogens is 364 g/mol. The van der Waals surface area contributed by atoms with E-state index < -0.39 is 0 Å². The lowest BCUT2D eigenvalue weighted by atomic mass is 10.1. The van der Waals surface area contributed by atoms with Gasteiger partial charge < -0.3 is 0 Å². The number of hydrogen-bond acceptors (Lipinski definition) is 1. The van der Waals surface area contributed by atoms with Gasteiger partial charge in [-0.3, -0.25) is 4.79 Å². The molecule has 70 valence electrons. The molecule has 0 saturated heterocycles. The standard InChI is InChI=1S/C9H7Br3O/c1-5(13)9(12)7-4-6(10)2-3-8(7)11/h2-4,9H,1H3. The molecule has 13 heavy (non-hydrogen) atoms. The molecule has 4 heteroatoms. The SMILES string of the molecule is CC(=O)C(Br)c1cc(Br)ccc1Br. The van der Waals surface area contributed by atoms with Gasteiger partial charge in [-0.1, -0.05) is 47.8 Å². The third-order valence-corrected chi connectivity index (χ3v) is 3.94. The summed E-state index contributed by atoms with van der Waals surface area (Å²) in [5.74, 6) is 0.0961. The van der Waals surface area contributed by atoms with Gasteiger partial charge in [-0.15, -0.1) is 0 Å². The van der Waals surface area contributed by atoms with Crippen LogP contribution < -0.4 is 0 Å². The number of halogens is 3. The summed E-state index contributed by atoms with van der Waals surface area (Å²) in [6.45, 7) is 1.56. The molecule has 0 N–H and O–H groups in total. The van der Waals surface area contributed by atoms with Gasteiger partial charge in [-0.2, -0.15) is 0 Å². The highest BCUT2D eigenvalue weighted by Crippen LogP contribution is 2.32. The first kappa shape index (κ1) is 11.4. The molecule has 0 aliphatic heterocycles. The maximum absolute atomic E-state index is 11.1. The van der Waals surface area contributed by atoms with Crippen molar-refractivity contribution in [2.45, 2.75) is 11.8 Å². The Morgan fingerprint density at radius 3 is 2.54 bits per heavy atom. The number of carbonyl (C=O) groups excluding carboxylic acids is 1. The van der Waals surface area contributed by atoms with Gasteiger partial charge in [0.05, 0.1) is 4.83 Å². The third kappa shape index (κ3) is 2.89. The van der Waals surface area contributed by atoms with Crippen molar-refractivity contribution in [3.8, 4) is 0 Å². The summed E-state index contributed by atoms with van der Waals surface area (Å²) in [5, 5.41) is 0. The first-order chi connectivity index (χ1) is 6.02. The van der Waals surface area contributed by atoms with Crippen molar-refractivity contribution < 1.29 is 4.79 Å². The average Bonchev–Trinajstić information content (AvgIpc) is 2.08. The number of Topliss-reactive ketones (excluding diaryl/α,β-unsaturated/α-hetero) is 1. The Morgan fingerprint density at radius 1 is 1.38 bits per heavy atom. The summed E-state index contributed by atoms with van der Waals surface area (Å²) < 4.78 is 1.91. The van der Waals surface area contributed by atoms with Crippen LogP contribution in [0.15, 0.2) is 27.1 Å².